The van der Waals surface area contributed by atoms with Crippen molar-refractivity contribution in [3.63, 3.8) is 0 Å². The average molecular weight is 215 g/mol. The van der Waals surface area contributed by atoms with E-state index >= 15 is 0 Å². The summed E-state index contributed by atoms with van der Waals surface area (Å²) in [7, 11) is 0. The van der Waals surface area contributed by atoms with Crippen LogP contribution in [-0.2, 0) is 9.53 Å². The Morgan fingerprint density at radius 3 is 2.80 bits per heavy atom. The molecule has 1 rings (SSSR count). The first-order valence-electron chi connectivity index (χ1n) is 5.75. The highest BCUT2D eigenvalue weighted by Gasteiger charge is 2.25. The van der Waals surface area contributed by atoms with E-state index in [1.54, 1.807) is 0 Å². The van der Waals surface area contributed by atoms with Gasteiger partial charge in [-0.05, 0) is 18.8 Å². The molecule has 0 heterocycles. The Morgan fingerprint density at radius 1 is 1.53 bits per heavy atom. The predicted octanol–water partition coefficient (Wildman–Crippen LogP) is 1.38. The number of nitrogens with two attached hydrogens (primary N) is 1. The SMILES string of the molecule is CCC1CCCCC1OCC(N)C(=O)O. The summed E-state index contributed by atoms with van der Waals surface area (Å²) in [4.78, 5) is 10.5. The van der Waals surface area contributed by atoms with Gasteiger partial charge in [0, 0.05) is 0 Å². The summed E-state index contributed by atoms with van der Waals surface area (Å²) in [6.45, 7) is 2.29. The third-order valence-electron chi connectivity index (χ3n) is 3.17. The van der Waals surface area contributed by atoms with Crippen LogP contribution in [0.4, 0.5) is 0 Å². The molecule has 88 valence electrons. The number of aliphatic carboxylic acids is 1. The van der Waals surface area contributed by atoms with E-state index in [-0.39, 0.29) is 12.7 Å². The van der Waals surface area contributed by atoms with Gasteiger partial charge in [-0.3, -0.25) is 4.79 Å². The lowest BCUT2D eigenvalue weighted by atomic mass is 9.85. The lowest BCUT2D eigenvalue weighted by Crippen LogP contribution is -2.38. The first kappa shape index (κ1) is 12.5. The molecule has 0 aliphatic heterocycles. The van der Waals surface area contributed by atoms with Crippen molar-refractivity contribution < 1.29 is 14.6 Å². The Balaban J connectivity index is 2.32. The van der Waals surface area contributed by atoms with Gasteiger partial charge in [-0.2, -0.15) is 0 Å². The van der Waals surface area contributed by atoms with Gasteiger partial charge >= 0.3 is 5.97 Å². The van der Waals surface area contributed by atoms with Crippen molar-refractivity contribution in [2.45, 2.75) is 51.2 Å². The van der Waals surface area contributed by atoms with Crippen LogP contribution in [0, 0.1) is 5.92 Å². The van der Waals surface area contributed by atoms with Gasteiger partial charge in [0.25, 0.3) is 0 Å². The van der Waals surface area contributed by atoms with Gasteiger partial charge in [0.15, 0.2) is 0 Å². The molecule has 0 aromatic carbocycles. The third-order valence-corrected chi connectivity index (χ3v) is 3.17. The summed E-state index contributed by atoms with van der Waals surface area (Å²) < 4.78 is 5.60. The van der Waals surface area contributed by atoms with Crippen LogP contribution >= 0.6 is 0 Å². The van der Waals surface area contributed by atoms with Crippen molar-refractivity contribution in [3.05, 3.63) is 0 Å². The normalized spacial score (nSPS) is 28.7. The number of hydrogen-bond donors (Lipinski definition) is 2. The van der Waals surface area contributed by atoms with Crippen molar-refractivity contribution in [1.29, 1.82) is 0 Å². The van der Waals surface area contributed by atoms with Gasteiger partial charge in [0.1, 0.15) is 6.04 Å². The van der Waals surface area contributed by atoms with Crippen LogP contribution in [0.3, 0.4) is 0 Å². The zero-order chi connectivity index (χ0) is 11.3. The second kappa shape index (κ2) is 6.08. The molecular formula is C11H21NO3. The third kappa shape index (κ3) is 3.80. The molecule has 0 radical (unpaired) electrons. The number of hydrogen-bond acceptors (Lipinski definition) is 3. The minimum atomic E-state index is -0.987. The molecular weight excluding hydrogens is 194 g/mol. The van der Waals surface area contributed by atoms with Crippen molar-refractivity contribution in [2.75, 3.05) is 6.61 Å². The smallest absolute Gasteiger partial charge is 0.322 e. The fraction of sp³-hybridized carbons (Fsp3) is 0.909. The molecule has 1 aliphatic rings. The van der Waals surface area contributed by atoms with Gasteiger partial charge in [-0.1, -0.05) is 26.2 Å². The molecule has 1 saturated carbocycles. The number of carbonyl (C=O) groups is 1. The maximum absolute atomic E-state index is 10.5. The van der Waals surface area contributed by atoms with Crippen LogP contribution in [0.1, 0.15) is 39.0 Å². The molecule has 3 atom stereocenters. The number of ether oxygens (including phenoxy) is 1. The quantitative estimate of drug-likeness (QED) is 0.726. The van der Waals surface area contributed by atoms with E-state index in [0.717, 1.165) is 12.8 Å². The van der Waals surface area contributed by atoms with Gasteiger partial charge in [0.05, 0.1) is 12.7 Å². The Hall–Kier alpha value is -0.610. The van der Waals surface area contributed by atoms with Crippen molar-refractivity contribution in [1.82, 2.24) is 0 Å². The van der Waals surface area contributed by atoms with E-state index in [4.69, 9.17) is 15.6 Å². The molecule has 0 aromatic rings. The highest BCUT2D eigenvalue weighted by Crippen LogP contribution is 2.28. The van der Waals surface area contributed by atoms with E-state index < -0.39 is 12.0 Å². The van der Waals surface area contributed by atoms with E-state index in [2.05, 4.69) is 6.92 Å². The molecule has 0 spiro atoms. The maximum atomic E-state index is 10.5. The number of carboxylic acids is 1. The molecule has 0 aromatic heterocycles. The van der Waals surface area contributed by atoms with Crippen LogP contribution in [-0.4, -0.2) is 29.8 Å². The highest BCUT2D eigenvalue weighted by atomic mass is 16.5. The van der Waals surface area contributed by atoms with Crippen molar-refractivity contribution >= 4 is 5.97 Å². The van der Waals surface area contributed by atoms with Crippen LogP contribution in [0.5, 0.6) is 0 Å². The summed E-state index contributed by atoms with van der Waals surface area (Å²) in [5.74, 6) is -0.404. The predicted molar refractivity (Wildman–Crippen MR) is 57.6 cm³/mol. The molecule has 3 N–H and O–H groups in total. The molecule has 0 bridgehead atoms. The van der Waals surface area contributed by atoms with E-state index in [1.807, 2.05) is 0 Å². The van der Waals surface area contributed by atoms with Gasteiger partial charge in [-0.25, -0.2) is 0 Å². The number of rotatable bonds is 5. The zero-order valence-corrected chi connectivity index (χ0v) is 9.32. The molecule has 3 unspecified atom stereocenters. The number of carboxylic acid groups (broad SMARTS) is 1. The lowest BCUT2D eigenvalue weighted by molar-refractivity contribution is -0.141. The fourth-order valence-corrected chi connectivity index (χ4v) is 2.16. The van der Waals surface area contributed by atoms with Gasteiger partial charge in [-0.15, -0.1) is 0 Å². The zero-order valence-electron chi connectivity index (χ0n) is 9.32. The Labute approximate surface area is 90.8 Å². The molecule has 15 heavy (non-hydrogen) atoms. The summed E-state index contributed by atoms with van der Waals surface area (Å²) in [6, 6.07) is -0.885. The average Bonchev–Trinajstić information content (AvgIpc) is 2.26. The topological polar surface area (TPSA) is 72.5 Å². The minimum absolute atomic E-state index is 0.135. The van der Waals surface area contributed by atoms with Crippen LogP contribution in [0.2, 0.25) is 0 Å². The molecule has 4 heteroatoms. The van der Waals surface area contributed by atoms with Crippen LogP contribution in [0.25, 0.3) is 0 Å². The van der Waals surface area contributed by atoms with Crippen LogP contribution in [0.15, 0.2) is 0 Å². The van der Waals surface area contributed by atoms with Crippen molar-refractivity contribution in [3.8, 4) is 0 Å². The summed E-state index contributed by atoms with van der Waals surface area (Å²) in [5.41, 5.74) is 5.40. The monoisotopic (exact) mass is 215 g/mol. The summed E-state index contributed by atoms with van der Waals surface area (Å²) in [5, 5.41) is 8.63. The maximum Gasteiger partial charge on any atom is 0.322 e. The van der Waals surface area contributed by atoms with E-state index in [1.165, 1.54) is 19.3 Å². The van der Waals surface area contributed by atoms with Gasteiger partial charge in [0.2, 0.25) is 0 Å². The Kier molecular flexibility index (Phi) is 5.05. The largest absolute Gasteiger partial charge is 0.480 e. The van der Waals surface area contributed by atoms with E-state index in [0.29, 0.717) is 5.92 Å². The molecule has 0 amide bonds. The fourth-order valence-electron chi connectivity index (χ4n) is 2.16. The first-order valence-corrected chi connectivity index (χ1v) is 5.75. The molecule has 4 nitrogen and oxygen atoms in total. The summed E-state index contributed by atoms with van der Waals surface area (Å²) >= 11 is 0. The minimum Gasteiger partial charge on any atom is -0.480 e. The first-order chi connectivity index (χ1) is 7.15. The lowest BCUT2D eigenvalue weighted by Gasteiger charge is -2.31. The molecule has 1 aliphatic carbocycles. The Morgan fingerprint density at radius 2 is 2.20 bits per heavy atom. The van der Waals surface area contributed by atoms with Crippen LogP contribution < -0.4 is 5.73 Å². The second-order valence-corrected chi connectivity index (χ2v) is 4.27. The van der Waals surface area contributed by atoms with Gasteiger partial charge < -0.3 is 15.6 Å². The van der Waals surface area contributed by atoms with Crippen molar-refractivity contribution in [2.24, 2.45) is 11.7 Å². The Bertz CT molecular complexity index is 208. The molecule has 0 saturated heterocycles. The standard InChI is InChI=1S/C11H21NO3/c1-2-8-5-3-4-6-10(8)15-7-9(12)11(13)14/h8-10H,2-7,12H2,1H3,(H,13,14). The highest BCUT2D eigenvalue weighted by molar-refractivity contribution is 5.73. The van der Waals surface area contributed by atoms with E-state index in [9.17, 15) is 4.79 Å². The molecule has 1 fully saturated rings. The second-order valence-electron chi connectivity index (χ2n) is 4.27. The summed E-state index contributed by atoms with van der Waals surface area (Å²) in [6.07, 6.45) is 6.02.